The second-order valence-corrected chi connectivity index (χ2v) is 6.77. The van der Waals surface area contributed by atoms with Crippen LogP contribution in [0.15, 0.2) is 18.2 Å². The number of rotatable bonds is 4. The van der Waals surface area contributed by atoms with Crippen LogP contribution in [0.2, 0.25) is 5.02 Å². The van der Waals surface area contributed by atoms with Gasteiger partial charge in [-0.05, 0) is 30.2 Å². The molecule has 0 amide bonds. The van der Waals surface area contributed by atoms with Crippen molar-refractivity contribution in [1.29, 1.82) is 0 Å². The molecule has 1 aliphatic rings. The van der Waals surface area contributed by atoms with Crippen molar-refractivity contribution < 1.29 is 5.11 Å². The van der Waals surface area contributed by atoms with Crippen LogP contribution < -0.4 is 5.32 Å². The second-order valence-electron chi connectivity index (χ2n) is 6.34. The average Bonchev–Trinajstić information content (AvgIpc) is 2.43. The third-order valence-electron chi connectivity index (χ3n) is 4.19. The SMILES string of the molecule is Cc1cc(Cl)ccc1[C@@H](N1CCNCC1)C(C)(C)CO. The van der Waals surface area contributed by atoms with E-state index in [9.17, 15) is 5.11 Å². The Labute approximate surface area is 126 Å². The fraction of sp³-hybridized carbons (Fsp3) is 0.625. The van der Waals surface area contributed by atoms with E-state index >= 15 is 0 Å². The minimum atomic E-state index is -0.185. The lowest BCUT2D eigenvalue weighted by molar-refractivity contribution is 0.0302. The zero-order valence-corrected chi connectivity index (χ0v) is 13.4. The van der Waals surface area contributed by atoms with Gasteiger partial charge < -0.3 is 10.4 Å². The summed E-state index contributed by atoms with van der Waals surface area (Å²) >= 11 is 6.08. The molecule has 112 valence electrons. The van der Waals surface area contributed by atoms with Crippen molar-refractivity contribution >= 4 is 11.6 Å². The van der Waals surface area contributed by atoms with Crippen molar-refractivity contribution in [2.45, 2.75) is 26.8 Å². The van der Waals surface area contributed by atoms with E-state index in [1.165, 1.54) is 11.1 Å². The van der Waals surface area contributed by atoms with Crippen LogP contribution in [-0.4, -0.2) is 42.8 Å². The number of hydrogen-bond donors (Lipinski definition) is 2. The maximum atomic E-state index is 9.83. The van der Waals surface area contributed by atoms with E-state index in [-0.39, 0.29) is 18.1 Å². The highest BCUT2D eigenvalue weighted by Gasteiger charge is 2.36. The summed E-state index contributed by atoms with van der Waals surface area (Å²) in [6.45, 7) is 10.6. The molecule has 1 atom stereocenters. The molecule has 20 heavy (non-hydrogen) atoms. The summed E-state index contributed by atoms with van der Waals surface area (Å²) in [6, 6.07) is 6.29. The molecule has 0 bridgehead atoms. The molecular weight excluding hydrogens is 272 g/mol. The highest BCUT2D eigenvalue weighted by atomic mass is 35.5. The number of nitrogens with one attached hydrogen (secondary N) is 1. The minimum Gasteiger partial charge on any atom is -0.396 e. The molecule has 3 nitrogen and oxygen atoms in total. The first-order chi connectivity index (χ1) is 9.45. The van der Waals surface area contributed by atoms with Gasteiger partial charge in [0, 0.05) is 49.3 Å². The smallest absolute Gasteiger partial charge is 0.0500 e. The number of aliphatic hydroxyl groups is 1. The molecule has 0 aliphatic carbocycles. The monoisotopic (exact) mass is 296 g/mol. The van der Waals surface area contributed by atoms with Crippen LogP contribution in [-0.2, 0) is 0 Å². The first kappa shape index (κ1) is 15.8. The first-order valence-corrected chi connectivity index (χ1v) is 7.65. The Morgan fingerprint density at radius 2 is 2.00 bits per heavy atom. The van der Waals surface area contributed by atoms with Gasteiger partial charge in [0.1, 0.15) is 0 Å². The number of aryl methyl sites for hydroxylation is 1. The summed E-state index contributed by atoms with van der Waals surface area (Å²) in [4.78, 5) is 2.48. The Balaban J connectivity index is 2.39. The number of piperazine rings is 1. The molecule has 0 unspecified atom stereocenters. The third-order valence-corrected chi connectivity index (χ3v) is 4.43. The van der Waals surface area contributed by atoms with E-state index in [1.807, 2.05) is 12.1 Å². The second kappa shape index (κ2) is 6.44. The van der Waals surface area contributed by atoms with E-state index in [1.54, 1.807) is 0 Å². The normalized spacial score (nSPS) is 19.1. The summed E-state index contributed by atoms with van der Waals surface area (Å²) in [5.41, 5.74) is 2.29. The Morgan fingerprint density at radius 1 is 1.35 bits per heavy atom. The summed E-state index contributed by atoms with van der Waals surface area (Å²) < 4.78 is 0. The van der Waals surface area contributed by atoms with Crippen molar-refractivity contribution in [3.05, 3.63) is 34.3 Å². The van der Waals surface area contributed by atoms with Gasteiger partial charge in [-0.1, -0.05) is 31.5 Å². The number of hydrogen-bond acceptors (Lipinski definition) is 3. The molecule has 1 aromatic rings. The van der Waals surface area contributed by atoms with Crippen LogP contribution in [0.4, 0.5) is 0 Å². The van der Waals surface area contributed by atoms with Gasteiger partial charge in [-0.3, -0.25) is 4.90 Å². The fourth-order valence-corrected chi connectivity index (χ4v) is 3.31. The van der Waals surface area contributed by atoms with Crippen molar-refractivity contribution in [3.8, 4) is 0 Å². The molecule has 1 fully saturated rings. The van der Waals surface area contributed by atoms with Gasteiger partial charge in [-0.25, -0.2) is 0 Å². The number of nitrogens with zero attached hydrogens (tertiary/aromatic N) is 1. The summed E-state index contributed by atoms with van der Waals surface area (Å²) in [5.74, 6) is 0. The van der Waals surface area contributed by atoms with Gasteiger partial charge >= 0.3 is 0 Å². The van der Waals surface area contributed by atoms with Gasteiger partial charge in [-0.15, -0.1) is 0 Å². The largest absolute Gasteiger partial charge is 0.396 e. The molecule has 2 N–H and O–H groups in total. The maximum absolute atomic E-state index is 9.83. The summed E-state index contributed by atoms with van der Waals surface area (Å²) in [5, 5.41) is 14.0. The zero-order valence-electron chi connectivity index (χ0n) is 12.6. The quantitative estimate of drug-likeness (QED) is 0.896. The van der Waals surface area contributed by atoms with Gasteiger partial charge in [0.15, 0.2) is 0 Å². The molecule has 0 saturated carbocycles. The number of benzene rings is 1. The van der Waals surface area contributed by atoms with Gasteiger partial charge in [-0.2, -0.15) is 0 Å². The van der Waals surface area contributed by atoms with Crippen LogP contribution in [0.25, 0.3) is 0 Å². The molecule has 1 aromatic carbocycles. The van der Waals surface area contributed by atoms with Crippen molar-refractivity contribution in [2.24, 2.45) is 5.41 Å². The van der Waals surface area contributed by atoms with E-state index in [0.717, 1.165) is 31.2 Å². The highest BCUT2D eigenvalue weighted by molar-refractivity contribution is 6.30. The molecule has 1 aliphatic heterocycles. The Hall–Kier alpha value is -0.610. The summed E-state index contributed by atoms with van der Waals surface area (Å²) in [6.07, 6.45) is 0. The zero-order chi connectivity index (χ0) is 14.8. The predicted molar refractivity (Wildman–Crippen MR) is 84.2 cm³/mol. The lowest BCUT2D eigenvalue weighted by Crippen LogP contribution is -2.49. The third kappa shape index (κ3) is 3.34. The molecular formula is C16H25ClN2O. The standard InChI is InChI=1S/C16H25ClN2O/c1-12-10-13(17)4-5-14(12)15(16(2,3)11-20)19-8-6-18-7-9-19/h4-5,10,15,18,20H,6-9,11H2,1-3H3/t15-/m1/s1. The predicted octanol–water partition coefficient (Wildman–Crippen LogP) is 2.61. The van der Waals surface area contributed by atoms with Crippen LogP contribution >= 0.6 is 11.6 Å². The Kier molecular flexibility index (Phi) is 5.08. The lowest BCUT2D eigenvalue weighted by atomic mass is 9.78. The Morgan fingerprint density at radius 3 is 2.55 bits per heavy atom. The van der Waals surface area contributed by atoms with E-state index in [0.29, 0.717) is 0 Å². The molecule has 0 radical (unpaired) electrons. The molecule has 0 spiro atoms. The topological polar surface area (TPSA) is 35.5 Å². The van der Waals surface area contributed by atoms with Crippen LogP contribution in [0.3, 0.4) is 0 Å². The van der Waals surface area contributed by atoms with E-state index < -0.39 is 0 Å². The van der Waals surface area contributed by atoms with E-state index in [4.69, 9.17) is 11.6 Å². The minimum absolute atomic E-state index is 0.170. The van der Waals surface area contributed by atoms with Gasteiger partial charge in [0.25, 0.3) is 0 Å². The highest BCUT2D eigenvalue weighted by Crippen LogP contribution is 2.40. The molecule has 2 rings (SSSR count). The van der Waals surface area contributed by atoms with Crippen molar-refractivity contribution in [2.75, 3.05) is 32.8 Å². The van der Waals surface area contributed by atoms with Gasteiger partial charge in [0.2, 0.25) is 0 Å². The molecule has 1 heterocycles. The van der Waals surface area contributed by atoms with E-state index in [2.05, 4.69) is 37.1 Å². The lowest BCUT2D eigenvalue weighted by Gasteiger charge is -2.44. The molecule has 0 aromatic heterocycles. The van der Waals surface area contributed by atoms with Gasteiger partial charge in [0.05, 0.1) is 0 Å². The van der Waals surface area contributed by atoms with Crippen LogP contribution in [0.1, 0.15) is 31.0 Å². The Bertz CT molecular complexity index is 456. The number of aliphatic hydroxyl groups excluding tert-OH is 1. The van der Waals surface area contributed by atoms with Crippen molar-refractivity contribution in [3.63, 3.8) is 0 Å². The molecule has 4 heteroatoms. The number of halogens is 1. The first-order valence-electron chi connectivity index (χ1n) is 7.27. The molecule has 1 saturated heterocycles. The fourth-order valence-electron chi connectivity index (χ4n) is 3.08. The average molecular weight is 297 g/mol. The van der Waals surface area contributed by atoms with Crippen LogP contribution in [0, 0.1) is 12.3 Å². The van der Waals surface area contributed by atoms with Crippen LogP contribution in [0.5, 0.6) is 0 Å². The summed E-state index contributed by atoms with van der Waals surface area (Å²) in [7, 11) is 0. The maximum Gasteiger partial charge on any atom is 0.0500 e. The van der Waals surface area contributed by atoms with Crippen molar-refractivity contribution in [1.82, 2.24) is 10.2 Å².